The van der Waals surface area contributed by atoms with Crippen LogP contribution in [0, 0.1) is 19.8 Å². The molecule has 10 nitrogen and oxygen atoms in total. The van der Waals surface area contributed by atoms with Crippen molar-refractivity contribution in [2.45, 2.75) is 64.8 Å². The Morgan fingerprint density at radius 3 is 2.22 bits per heavy atom. The topological polar surface area (TPSA) is 123 Å². The summed E-state index contributed by atoms with van der Waals surface area (Å²) in [5, 5.41) is 15.0. The summed E-state index contributed by atoms with van der Waals surface area (Å²) in [5.74, 6) is -1.76. The van der Waals surface area contributed by atoms with E-state index in [2.05, 4.69) is 22.2 Å². The molecule has 0 spiro atoms. The fourth-order valence-corrected chi connectivity index (χ4v) is 5.62. The van der Waals surface area contributed by atoms with Crippen molar-refractivity contribution in [2.75, 3.05) is 26.9 Å². The molecule has 13 heteroatoms. The van der Waals surface area contributed by atoms with Crippen molar-refractivity contribution in [1.82, 2.24) is 20.0 Å². The van der Waals surface area contributed by atoms with Crippen molar-refractivity contribution in [2.24, 2.45) is 5.92 Å². The van der Waals surface area contributed by atoms with Gasteiger partial charge in [-0.2, -0.15) is 18.3 Å². The number of carboxylic acid groups (broad SMARTS) is 1. The number of nitrogens with one attached hydrogen (secondary N) is 1. The van der Waals surface area contributed by atoms with Crippen LogP contribution in [0.5, 0.6) is 5.75 Å². The molecule has 248 valence electrons. The van der Waals surface area contributed by atoms with Crippen LogP contribution in [0.4, 0.5) is 13.2 Å². The zero-order valence-electron chi connectivity index (χ0n) is 26.3. The molecule has 2 aromatic carbocycles. The van der Waals surface area contributed by atoms with Crippen molar-refractivity contribution >= 4 is 17.8 Å². The molecule has 1 aromatic heterocycles. The van der Waals surface area contributed by atoms with Crippen molar-refractivity contribution in [3.63, 3.8) is 0 Å². The predicted octanol–water partition coefficient (Wildman–Crippen LogP) is 4.86. The van der Waals surface area contributed by atoms with Crippen molar-refractivity contribution in [3.8, 4) is 5.75 Å². The molecule has 1 amide bonds. The number of alkyl halides is 3. The van der Waals surface area contributed by atoms with Crippen LogP contribution in [0.3, 0.4) is 0 Å². The van der Waals surface area contributed by atoms with E-state index < -0.39 is 12.1 Å². The van der Waals surface area contributed by atoms with Crippen LogP contribution in [0.2, 0.25) is 0 Å². The fourth-order valence-electron chi connectivity index (χ4n) is 5.62. The Bertz CT molecular complexity index is 1520. The van der Waals surface area contributed by atoms with Gasteiger partial charge in [-0.05, 0) is 74.4 Å². The lowest BCUT2D eigenvalue weighted by Crippen LogP contribution is -2.53. The molecule has 2 aliphatic rings. The first-order valence-corrected chi connectivity index (χ1v) is 15.1. The number of morpholine rings is 1. The van der Waals surface area contributed by atoms with Gasteiger partial charge in [0.1, 0.15) is 5.75 Å². The minimum Gasteiger partial charge on any atom is -0.497 e. The maximum Gasteiger partial charge on any atom is 0.490 e. The van der Waals surface area contributed by atoms with Crippen LogP contribution < -0.4 is 10.1 Å². The van der Waals surface area contributed by atoms with Crippen molar-refractivity contribution in [3.05, 3.63) is 82.2 Å². The summed E-state index contributed by atoms with van der Waals surface area (Å²) >= 11 is 0. The molecule has 5 rings (SSSR count). The standard InChI is InChI=1S/C31H38N4O4.C2HF3O2/c1-5-22-6-10-25(11-7-22)31(37)35-21(3)28(20(2)33-35)27-19-39-17-16-34(27)29(24-12-13-24)30(36)32-18-23-8-14-26(38-4)15-9-23;3-2(4,5)1(6)7/h6-11,14-15,24,27,29H,5,12-13,16-19H2,1-4H3,(H,32,36);(H,6,7). The molecule has 1 aliphatic carbocycles. The van der Waals surface area contributed by atoms with Gasteiger partial charge in [0.15, 0.2) is 0 Å². The Labute approximate surface area is 265 Å². The Morgan fingerprint density at radius 1 is 1.07 bits per heavy atom. The predicted molar refractivity (Wildman–Crippen MR) is 163 cm³/mol. The monoisotopic (exact) mass is 644 g/mol. The summed E-state index contributed by atoms with van der Waals surface area (Å²) in [4.78, 5) is 38.2. The average Bonchev–Trinajstić information content (AvgIpc) is 3.83. The number of rotatable bonds is 9. The van der Waals surface area contributed by atoms with Crippen molar-refractivity contribution < 1.29 is 42.1 Å². The Balaban J connectivity index is 0.000000617. The maximum atomic E-state index is 13.6. The number of hydrogen-bond donors (Lipinski definition) is 2. The lowest BCUT2D eigenvalue weighted by molar-refractivity contribution is -0.192. The van der Waals surface area contributed by atoms with Gasteiger partial charge < -0.3 is 19.9 Å². The van der Waals surface area contributed by atoms with Gasteiger partial charge >= 0.3 is 12.1 Å². The van der Waals surface area contributed by atoms with Gasteiger partial charge in [-0.1, -0.05) is 31.2 Å². The van der Waals surface area contributed by atoms with Crippen LogP contribution in [-0.2, 0) is 27.3 Å². The number of aromatic nitrogens is 2. The van der Waals surface area contributed by atoms with E-state index in [1.807, 2.05) is 62.4 Å². The van der Waals surface area contributed by atoms with Gasteiger partial charge in [0.05, 0.1) is 38.1 Å². The van der Waals surface area contributed by atoms with Crippen LogP contribution in [-0.4, -0.2) is 76.7 Å². The van der Waals surface area contributed by atoms with E-state index in [1.165, 1.54) is 10.2 Å². The number of aliphatic carboxylic acids is 1. The average molecular weight is 645 g/mol. The first kappa shape index (κ1) is 34.6. The summed E-state index contributed by atoms with van der Waals surface area (Å²) in [6.07, 6.45) is -2.09. The fraction of sp³-hybridized carbons (Fsp3) is 0.455. The molecule has 46 heavy (non-hydrogen) atoms. The highest BCUT2D eigenvalue weighted by atomic mass is 19.4. The Kier molecular flexibility index (Phi) is 11.2. The van der Waals surface area contributed by atoms with Gasteiger partial charge in [-0.3, -0.25) is 14.5 Å². The number of halogens is 3. The number of carbonyl (C=O) groups is 3. The number of ether oxygens (including phenoxy) is 2. The second-order valence-corrected chi connectivity index (χ2v) is 11.3. The van der Waals surface area contributed by atoms with E-state index in [9.17, 15) is 22.8 Å². The SMILES string of the molecule is CCc1ccc(C(=O)n2nc(C)c(C3COCCN3C(C(=O)NCc3ccc(OC)cc3)C3CC3)c2C)cc1.O=C(O)C(F)(F)F. The molecule has 2 fully saturated rings. The summed E-state index contributed by atoms with van der Waals surface area (Å²) in [5.41, 5.74) is 5.38. The molecule has 2 unspecified atom stereocenters. The van der Waals surface area contributed by atoms with Crippen LogP contribution in [0.15, 0.2) is 48.5 Å². The molecular weight excluding hydrogens is 605 g/mol. The second kappa shape index (κ2) is 14.9. The van der Waals surface area contributed by atoms with E-state index in [1.54, 1.807) is 7.11 Å². The molecule has 2 N–H and O–H groups in total. The third kappa shape index (κ3) is 8.32. The zero-order valence-corrected chi connectivity index (χ0v) is 26.3. The van der Waals surface area contributed by atoms with E-state index in [0.717, 1.165) is 47.5 Å². The van der Waals surface area contributed by atoms with Crippen LogP contribution in [0.1, 0.15) is 64.2 Å². The molecule has 0 radical (unpaired) electrons. The van der Waals surface area contributed by atoms with Crippen LogP contribution >= 0.6 is 0 Å². The van der Waals surface area contributed by atoms with Gasteiger partial charge in [0.25, 0.3) is 5.91 Å². The lowest BCUT2D eigenvalue weighted by Gasteiger charge is -2.40. The van der Waals surface area contributed by atoms with Gasteiger partial charge in [-0.15, -0.1) is 0 Å². The molecule has 0 bridgehead atoms. The van der Waals surface area contributed by atoms with E-state index in [0.29, 0.717) is 37.8 Å². The normalized spacial score (nSPS) is 17.4. The van der Waals surface area contributed by atoms with E-state index in [4.69, 9.17) is 19.4 Å². The largest absolute Gasteiger partial charge is 0.497 e. The number of carbonyl (C=O) groups excluding carboxylic acids is 2. The molecule has 3 aromatic rings. The molecule has 2 atom stereocenters. The summed E-state index contributed by atoms with van der Waals surface area (Å²) in [6.45, 7) is 8.12. The van der Waals surface area contributed by atoms with Gasteiger partial charge in [0, 0.05) is 29.9 Å². The minimum atomic E-state index is -5.08. The summed E-state index contributed by atoms with van der Waals surface area (Å²) in [7, 11) is 1.64. The van der Waals surface area contributed by atoms with Crippen LogP contribution in [0.25, 0.3) is 0 Å². The maximum absolute atomic E-state index is 13.6. The number of carboxylic acids is 1. The highest BCUT2D eigenvalue weighted by molar-refractivity contribution is 5.96. The first-order valence-electron chi connectivity index (χ1n) is 15.1. The number of aryl methyl sites for hydroxylation is 2. The number of methoxy groups -OCH3 is 1. The highest BCUT2D eigenvalue weighted by Crippen LogP contribution is 2.40. The lowest BCUT2D eigenvalue weighted by atomic mass is 9.98. The van der Waals surface area contributed by atoms with Crippen molar-refractivity contribution in [1.29, 1.82) is 0 Å². The summed E-state index contributed by atoms with van der Waals surface area (Å²) < 4.78 is 44.4. The molecule has 2 heterocycles. The number of nitrogens with zero attached hydrogens (tertiary/aromatic N) is 3. The first-order chi connectivity index (χ1) is 21.8. The number of hydrogen-bond acceptors (Lipinski definition) is 7. The Morgan fingerprint density at radius 2 is 1.67 bits per heavy atom. The molecule has 1 aliphatic heterocycles. The Hall–Kier alpha value is -4.23. The van der Waals surface area contributed by atoms with Gasteiger partial charge in [0.2, 0.25) is 5.91 Å². The second-order valence-electron chi connectivity index (χ2n) is 11.3. The number of amides is 1. The smallest absolute Gasteiger partial charge is 0.490 e. The highest BCUT2D eigenvalue weighted by Gasteiger charge is 2.45. The minimum absolute atomic E-state index is 0.0370. The molecular formula is C33H39F3N4O6. The van der Waals surface area contributed by atoms with E-state index >= 15 is 0 Å². The third-order valence-electron chi connectivity index (χ3n) is 8.21. The van der Waals surface area contributed by atoms with Gasteiger partial charge in [-0.25, -0.2) is 9.48 Å². The third-order valence-corrected chi connectivity index (χ3v) is 8.21. The van der Waals surface area contributed by atoms with E-state index in [-0.39, 0.29) is 23.9 Å². The summed E-state index contributed by atoms with van der Waals surface area (Å²) in [6, 6.07) is 15.0. The molecule has 1 saturated heterocycles. The zero-order chi connectivity index (χ0) is 33.6. The number of benzene rings is 2. The quantitative estimate of drug-likeness (QED) is 0.339. The molecule has 1 saturated carbocycles.